The molecule has 2 nitrogen and oxygen atoms in total. The van der Waals surface area contributed by atoms with Crippen LogP contribution >= 0.6 is 0 Å². The first kappa shape index (κ1) is 11.0. The summed E-state index contributed by atoms with van der Waals surface area (Å²) in [4.78, 5) is 11.8. The summed E-state index contributed by atoms with van der Waals surface area (Å²) >= 11 is 0. The van der Waals surface area contributed by atoms with Gasteiger partial charge >= 0.3 is 0 Å². The molecule has 0 aromatic heterocycles. The number of nitrogens with zero attached hydrogens (tertiary/aromatic N) is 1. The van der Waals surface area contributed by atoms with E-state index in [0.29, 0.717) is 5.56 Å². The average molecular weight is 255 g/mol. The van der Waals surface area contributed by atoms with E-state index in [4.69, 9.17) is 5.26 Å². The SMILES string of the molecule is N#CC(=O)c1ccc2ccc3cccc4ccc1c2c34. The lowest BCUT2D eigenvalue weighted by Crippen LogP contribution is -1.96. The lowest BCUT2D eigenvalue weighted by atomic mass is 9.91. The molecule has 0 saturated heterocycles. The van der Waals surface area contributed by atoms with Crippen LogP contribution in [0.5, 0.6) is 0 Å². The van der Waals surface area contributed by atoms with Crippen molar-refractivity contribution in [1.29, 1.82) is 5.26 Å². The average Bonchev–Trinajstić information content (AvgIpc) is 2.51. The van der Waals surface area contributed by atoms with Crippen molar-refractivity contribution in [2.45, 2.75) is 0 Å². The van der Waals surface area contributed by atoms with Crippen molar-refractivity contribution in [1.82, 2.24) is 0 Å². The number of rotatable bonds is 1. The van der Waals surface area contributed by atoms with Crippen LogP contribution in [0.3, 0.4) is 0 Å². The molecular weight excluding hydrogens is 246 g/mol. The minimum Gasteiger partial charge on any atom is -0.277 e. The molecule has 0 fully saturated rings. The molecule has 0 aliphatic heterocycles. The van der Waals surface area contributed by atoms with Crippen LogP contribution in [-0.2, 0) is 0 Å². The van der Waals surface area contributed by atoms with Gasteiger partial charge in [-0.05, 0) is 38.4 Å². The summed E-state index contributed by atoms with van der Waals surface area (Å²) in [5, 5.41) is 15.4. The first-order valence-electron chi connectivity index (χ1n) is 6.40. The molecule has 4 rings (SSSR count). The molecule has 0 amide bonds. The lowest BCUT2D eigenvalue weighted by molar-refractivity contribution is 0.105. The molecule has 0 unspecified atom stereocenters. The number of hydrogen-bond donors (Lipinski definition) is 0. The molecule has 0 atom stereocenters. The van der Waals surface area contributed by atoms with Crippen molar-refractivity contribution in [2.24, 2.45) is 0 Å². The normalized spacial score (nSPS) is 11.2. The standard InChI is InChI=1S/C18H9NO/c19-10-16(20)14-8-6-13-5-4-11-2-1-3-12-7-9-15(14)18(13)17(11)12/h1-9H. The van der Waals surface area contributed by atoms with Crippen molar-refractivity contribution in [2.75, 3.05) is 0 Å². The minimum absolute atomic E-state index is 0.483. The van der Waals surface area contributed by atoms with Gasteiger partial charge in [-0.15, -0.1) is 0 Å². The lowest BCUT2D eigenvalue weighted by Gasteiger charge is -2.11. The van der Waals surface area contributed by atoms with E-state index in [0.717, 1.165) is 32.3 Å². The van der Waals surface area contributed by atoms with Gasteiger partial charge in [-0.1, -0.05) is 48.5 Å². The maximum Gasteiger partial charge on any atom is 0.262 e. The summed E-state index contributed by atoms with van der Waals surface area (Å²) < 4.78 is 0. The van der Waals surface area contributed by atoms with Crippen LogP contribution in [0.1, 0.15) is 10.4 Å². The Kier molecular flexibility index (Phi) is 2.07. The first-order valence-corrected chi connectivity index (χ1v) is 6.40. The van der Waals surface area contributed by atoms with Crippen LogP contribution in [0.4, 0.5) is 0 Å². The quantitative estimate of drug-likeness (QED) is 0.289. The topological polar surface area (TPSA) is 40.9 Å². The Labute approximate surface area is 115 Å². The number of hydrogen-bond acceptors (Lipinski definition) is 2. The highest BCUT2D eigenvalue weighted by molar-refractivity contribution is 6.27. The number of carbonyl (C=O) groups excluding carboxylic acids is 1. The molecule has 0 heterocycles. The summed E-state index contributed by atoms with van der Waals surface area (Å²) in [5.41, 5.74) is 0.484. The van der Waals surface area contributed by atoms with Crippen molar-refractivity contribution in [3.8, 4) is 6.07 Å². The summed E-state index contributed by atoms with van der Waals surface area (Å²) in [6.45, 7) is 0. The Morgan fingerprint density at radius 2 is 1.40 bits per heavy atom. The molecule has 0 bridgehead atoms. The Morgan fingerprint density at radius 3 is 2.10 bits per heavy atom. The van der Waals surface area contributed by atoms with E-state index < -0.39 is 5.78 Å². The molecule has 0 N–H and O–H groups in total. The molecule has 4 aromatic carbocycles. The third-order valence-electron chi connectivity index (χ3n) is 3.87. The van der Waals surface area contributed by atoms with Gasteiger partial charge in [0.25, 0.3) is 5.78 Å². The molecule has 20 heavy (non-hydrogen) atoms. The maximum absolute atomic E-state index is 11.8. The van der Waals surface area contributed by atoms with Gasteiger partial charge in [0, 0.05) is 5.56 Å². The van der Waals surface area contributed by atoms with Crippen LogP contribution in [-0.4, -0.2) is 5.78 Å². The van der Waals surface area contributed by atoms with Gasteiger partial charge in [0.1, 0.15) is 6.07 Å². The predicted molar refractivity (Wildman–Crippen MR) is 80.1 cm³/mol. The molecule has 0 aliphatic carbocycles. The number of nitriles is 1. The van der Waals surface area contributed by atoms with Crippen molar-refractivity contribution >= 4 is 38.1 Å². The number of carbonyl (C=O) groups is 1. The predicted octanol–water partition coefficient (Wildman–Crippen LogP) is 4.29. The number of Topliss-reactive ketones (excluding diaryl/α,β-unsaturated/α-hetero) is 1. The minimum atomic E-state index is -0.483. The fourth-order valence-corrected chi connectivity index (χ4v) is 2.99. The zero-order valence-corrected chi connectivity index (χ0v) is 10.6. The molecule has 2 heteroatoms. The molecule has 92 valence electrons. The second-order valence-electron chi connectivity index (χ2n) is 4.91. The zero-order chi connectivity index (χ0) is 13.7. The number of benzene rings is 4. The van der Waals surface area contributed by atoms with Crippen LogP contribution in [0.25, 0.3) is 32.3 Å². The van der Waals surface area contributed by atoms with E-state index in [-0.39, 0.29) is 0 Å². The maximum atomic E-state index is 11.8. The smallest absolute Gasteiger partial charge is 0.262 e. The van der Waals surface area contributed by atoms with E-state index in [1.807, 2.05) is 24.3 Å². The summed E-state index contributed by atoms with van der Waals surface area (Å²) in [7, 11) is 0. The van der Waals surface area contributed by atoms with Crippen LogP contribution in [0.15, 0.2) is 54.6 Å². The van der Waals surface area contributed by atoms with Gasteiger partial charge < -0.3 is 0 Å². The highest BCUT2D eigenvalue weighted by Gasteiger charge is 2.14. The third-order valence-corrected chi connectivity index (χ3v) is 3.87. The molecular formula is C18H9NO. The van der Waals surface area contributed by atoms with Gasteiger partial charge in [-0.3, -0.25) is 4.79 Å². The van der Waals surface area contributed by atoms with Gasteiger partial charge in [0.05, 0.1) is 0 Å². The van der Waals surface area contributed by atoms with Gasteiger partial charge in [0.15, 0.2) is 0 Å². The summed E-state index contributed by atoms with van der Waals surface area (Å²) in [5.74, 6) is -0.483. The highest BCUT2D eigenvalue weighted by atomic mass is 16.1. The Morgan fingerprint density at radius 1 is 0.800 bits per heavy atom. The summed E-state index contributed by atoms with van der Waals surface area (Å²) in [6, 6.07) is 19.6. The Hall–Kier alpha value is -2.92. The second kappa shape index (κ2) is 3.79. The Bertz CT molecular complexity index is 1010. The largest absolute Gasteiger partial charge is 0.277 e. The van der Waals surface area contributed by atoms with E-state index in [1.165, 1.54) is 0 Å². The second-order valence-corrected chi connectivity index (χ2v) is 4.91. The van der Waals surface area contributed by atoms with E-state index in [2.05, 4.69) is 24.3 Å². The molecule has 4 aromatic rings. The molecule has 0 aliphatic rings. The van der Waals surface area contributed by atoms with Gasteiger partial charge in [0.2, 0.25) is 0 Å². The Balaban J connectivity index is 2.33. The summed E-state index contributed by atoms with van der Waals surface area (Å²) in [6.07, 6.45) is 0. The third kappa shape index (κ3) is 1.29. The highest BCUT2D eigenvalue weighted by Crippen LogP contribution is 2.35. The van der Waals surface area contributed by atoms with Crippen molar-refractivity contribution in [3.05, 3.63) is 60.2 Å². The van der Waals surface area contributed by atoms with Crippen LogP contribution < -0.4 is 0 Å². The van der Waals surface area contributed by atoms with E-state index in [9.17, 15) is 4.79 Å². The molecule has 0 saturated carbocycles. The van der Waals surface area contributed by atoms with Crippen molar-refractivity contribution in [3.63, 3.8) is 0 Å². The molecule has 0 spiro atoms. The first-order chi connectivity index (χ1) is 9.79. The fourth-order valence-electron chi connectivity index (χ4n) is 2.99. The fraction of sp³-hybridized carbons (Fsp3) is 0. The van der Waals surface area contributed by atoms with Crippen LogP contribution in [0.2, 0.25) is 0 Å². The van der Waals surface area contributed by atoms with E-state index in [1.54, 1.807) is 12.1 Å². The zero-order valence-electron chi connectivity index (χ0n) is 10.6. The number of ketones is 1. The monoisotopic (exact) mass is 255 g/mol. The van der Waals surface area contributed by atoms with Crippen molar-refractivity contribution < 1.29 is 4.79 Å². The van der Waals surface area contributed by atoms with E-state index >= 15 is 0 Å². The van der Waals surface area contributed by atoms with Gasteiger partial charge in [-0.2, -0.15) is 5.26 Å². The van der Waals surface area contributed by atoms with Gasteiger partial charge in [-0.25, -0.2) is 0 Å². The van der Waals surface area contributed by atoms with Crippen LogP contribution in [0, 0.1) is 11.3 Å². The molecule has 0 radical (unpaired) electrons.